The number of Topliss-reactive ketones (excluding diaryl/α,β-unsaturated/α-hetero) is 1. The molecule has 1 heterocycles. The Morgan fingerprint density at radius 3 is 2.72 bits per heavy atom. The molecule has 1 aliphatic heterocycles. The number of carbonyl (C=O) groups excluding carboxylic acids is 1. The Labute approximate surface area is 171 Å². The van der Waals surface area contributed by atoms with Crippen LogP contribution in [0.3, 0.4) is 0 Å². The molecule has 1 aliphatic rings. The number of ketones is 1. The van der Waals surface area contributed by atoms with E-state index in [2.05, 4.69) is 4.90 Å². The summed E-state index contributed by atoms with van der Waals surface area (Å²) in [5.74, 6) is 0.140. The van der Waals surface area contributed by atoms with E-state index in [1.54, 1.807) is 6.07 Å². The Morgan fingerprint density at radius 2 is 2.03 bits per heavy atom. The van der Waals surface area contributed by atoms with Crippen LogP contribution in [0, 0.1) is 11.7 Å². The predicted molar refractivity (Wildman–Crippen MR) is 109 cm³/mol. The number of hydrogen-bond acceptors (Lipinski definition) is 5. The molecule has 0 aliphatic carbocycles. The fraction of sp³-hybridized carbons (Fsp3) is 0.435. The number of ether oxygens (including phenoxy) is 2. The van der Waals surface area contributed by atoms with Crippen LogP contribution in [0.4, 0.5) is 4.39 Å². The van der Waals surface area contributed by atoms with Gasteiger partial charge in [-0.2, -0.15) is 0 Å². The Morgan fingerprint density at radius 1 is 1.24 bits per heavy atom. The van der Waals surface area contributed by atoms with Crippen LogP contribution in [0.1, 0.15) is 41.3 Å². The number of carbonyl (C=O) groups is 1. The maximum Gasteiger partial charge on any atom is 0.167 e. The number of aliphatic hydroxyl groups excluding tert-OH is 1. The lowest BCUT2D eigenvalue weighted by Gasteiger charge is -2.32. The molecule has 5 nitrogen and oxygen atoms in total. The molecule has 29 heavy (non-hydrogen) atoms. The second-order valence-electron chi connectivity index (χ2n) is 7.32. The van der Waals surface area contributed by atoms with Crippen molar-refractivity contribution in [3.8, 4) is 11.5 Å². The molecule has 0 aromatic heterocycles. The normalized spacial score (nSPS) is 17.2. The Balaban J connectivity index is 1.67. The third-order valence-electron chi connectivity index (χ3n) is 5.31. The summed E-state index contributed by atoms with van der Waals surface area (Å²) in [6, 6.07) is 10.2. The van der Waals surface area contributed by atoms with Gasteiger partial charge >= 0.3 is 0 Å². The first-order chi connectivity index (χ1) is 14.0. The van der Waals surface area contributed by atoms with Gasteiger partial charge in [-0.3, -0.25) is 9.69 Å². The van der Waals surface area contributed by atoms with Gasteiger partial charge in [0.15, 0.2) is 17.3 Å². The topological polar surface area (TPSA) is 59.0 Å². The number of aliphatic hydroxyl groups is 1. The molecule has 1 atom stereocenters. The van der Waals surface area contributed by atoms with Crippen LogP contribution in [0.5, 0.6) is 11.5 Å². The number of piperidine rings is 1. The lowest BCUT2D eigenvalue weighted by Crippen LogP contribution is -2.38. The van der Waals surface area contributed by atoms with E-state index in [9.17, 15) is 14.3 Å². The van der Waals surface area contributed by atoms with Gasteiger partial charge in [-0.05, 0) is 62.2 Å². The summed E-state index contributed by atoms with van der Waals surface area (Å²) in [5, 5.41) is 9.60. The molecule has 6 heteroatoms. The van der Waals surface area contributed by atoms with E-state index in [0.29, 0.717) is 31.0 Å². The summed E-state index contributed by atoms with van der Waals surface area (Å²) < 4.78 is 24.5. The minimum absolute atomic E-state index is 0.0287. The molecule has 1 fully saturated rings. The standard InChI is InChI=1S/C23H28FNO4/c1-3-29-21-8-6-16(11-19(21)15-26)13-25-10-4-5-18(14-25)23(27)17-7-9-22(28-2)20(24)12-17/h6-9,11-12,18,26H,3-5,10,13-15H2,1-2H3/t18-/m0/s1. The van der Waals surface area contributed by atoms with Crippen molar-refractivity contribution in [2.45, 2.75) is 32.9 Å². The van der Waals surface area contributed by atoms with Crippen LogP contribution in [0.25, 0.3) is 0 Å². The van der Waals surface area contributed by atoms with E-state index in [1.165, 1.54) is 19.2 Å². The lowest BCUT2D eigenvalue weighted by molar-refractivity contribution is 0.0811. The first-order valence-electron chi connectivity index (χ1n) is 10.0. The SMILES string of the molecule is CCOc1ccc(CN2CCC[C@H](C(=O)c3ccc(OC)c(F)c3)C2)cc1CO. The summed E-state index contributed by atoms with van der Waals surface area (Å²) in [6.45, 7) is 4.62. The Bertz CT molecular complexity index is 855. The van der Waals surface area contributed by atoms with Gasteiger partial charge in [0.2, 0.25) is 0 Å². The number of halogens is 1. The summed E-state index contributed by atoms with van der Waals surface area (Å²) in [5.41, 5.74) is 2.22. The van der Waals surface area contributed by atoms with Crippen LogP contribution < -0.4 is 9.47 Å². The number of benzene rings is 2. The van der Waals surface area contributed by atoms with Gasteiger partial charge in [0.1, 0.15) is 5.75 Å². The van der Waals surface area contributed by atoms with Crippen LogP contribution in [-0.4, -0.2) is 42.6 Å². The first kappa shape index (κ1) is 21.3. The molecule has 0 amide bonds. The number of methoxy groups -OCH3 is 1. The molecule has 1 N–H and O–H groups in total. The largest absolute Gasteiger partial charge is 0.494 e. The highest BCUT2D eigenvalue weighted by atomic mass is 19.1. The zero-order valence-electron chi connectivity index (χ0n) is 17.0. The summed E-state index contributed by atoms with van der Waals surface area (Å²) in [4.78, 5) is 15.1. The molecule has 156 valence electrons. The molecule has 3 rings (SSSR count). The van der Waals surface area contributed by atoms with Crippen molar-refractivity contribution < 1.29 is 23.8 Å². The maximum absolute atomic E-state index is 14.0. The molecule has 1 saturated heterocycles. The average molecular weight is 401 g/mol. The van der Waals surface area contributed by atoms with Crippen molar-refractivity contribution in [3.63, 3.8) is 0 Å². The van der Waals surface area contributed by atoms with E-state index in [0.717, 1.165) is 30.5 Å². The zero-order chi connectivity index (χ0) is 20.8. The van der Waals surface area contributed by atoms with Crippen LogP contribution in [0.15, 0.2) is 36.4 Å². The van der Waals surface area contributed by atoms with Crippen molar-refractivity contribution in [1.29, 1.82) is 0 Å². The van der Waals surface area contributed by atoms with Crippen molar-refractivity contribution in [3.05, 3.63) is 58.9 Å². The Hall–Kier alpha value is -2.44. The lowest BCUT2D eigenvalue weighted by atomic mass is 9.89. The number of nitrogens with zero attached hydrogens (tertiary/aromatic N) is 1. The fourth-order valence-corrected chi connectivity index (χ4v) is 3.88. The van der Waals surface area contributed by atoms with Crippen molar-refractivity contribution in [2.75, 3.05) is 26.8 Å². The molecule has 0 bridgehead atoms. The van der Waals surface area contributed by atoms with Gasteiger partial charge in [0, 0.05) is 30.1 Å². The minimum Gasteiger partial charge on any atom is -0.494 e. The average Bonchev–Trinajstić information content (AvgIpc) is 2.74. The van der Waals surface area contributed by atoms with Gasteiger partial charge in [-0.15, -0.1) is 0 Å². The summed E-state index contributed by atoms with van der Waals surface area (Å²) >= 11 is 0. The molecule has 0 spiro atoms. The van der Waals surface area contributed by atoms with E-state index in [4.69, 9.17) is 9.47 Å². The van der Waals surface area contributed by atoms with Crippen LogP contribution in [-0.2, 0) is 13.2 Å². The molecule has 2 aromatic rings. The molecule has 2 aromatic carbocycles. The van der Waals surface area contributed by atoms with E-state index in [1.807, 2.05) is 25.1 Å². The predicted octanol–water partition coefficient (Wildman–Crippen LogP) is 3.82. The van der Waals surface area contributed by atoms with Gasteiger partial charge in [0.25, 0.3) is 0 Å². The van der Waals surface area contributed by atoms with E-state index in [-0.39, 0.29) is 24.1 Å². The van der Waals surface area contributed by atoms with Gasteiger partial charge in [-0.25, -0.2) is 4.39 Å². The summed E-state index contributed by atoms with van der Waals surface area (Å²) in [7, 11) is 1.40. The third-order valence-corrected chi connectivity index (χ3v) is 5.31. The van der Waals surface area contributed by atoms with Crippen LogP contribution in [0.2, 0.25) is 0 Å². The van der Waals surface area contributed by atoms with Crippen LogP contribution >= 0.6 is 0 Å². The molecular weight excluding hydrogens is 373 g/mol. The quantitative estimate of drug-likeness (QED) is 0.682. The van der Waals surface area contributed by atoms with E-state index < -0.39 is 5.82 Å². The maximum atomic E-state index is 14.0. The molecular formula is C23H28FNO4. The zero-order valence-corrected chi connectivity index (χ0v) is 17.0. The second-order valence-corrected chi connectivity index (χ2v) is 7.32. The number of hydrogen-bond donors (Lipinski definition) is 1. The molecule has 0 unspecified atom stereocenters. The van der Waals surface area contributed by atoms with Crippen molar-refractivity contribution >= 4 is 5.78 Å². The van der Waals surface area contributed by atoms with Gasteiger partial charge in [-0.1, -0.05) is 6.07 Å². The summed E-state index contributed by atoms with van der Waals surface area (Å²) in [6.07, 6.45) is 1.72. The monoisotopic (exact) mass is 401 g/mol. The number of rotatable bonds is 8. The highest BCUT2D eigenvalue weighted by molar-refractivity contribution is 5.98. The van der Waals surface area contributed by atoms with E-state index >= 15 is 0 Å². The molecule has 0 saturated carbocycles. The second kappa shape index (κ2) is 9.85. The molecule has 0 radical (unpaired) electrons. The van der Waals surface area contributed by atoms with Gasteiger partial charge in [0.05, 0.1) is 20.3 Å². The van der Waals surface area contributed by atoms with Crippen molar-refractivity contribution in [1.82, 2.24) is 4.90 Å². The smallest absolute Gasteiger partial charge is 0.167 e. The Kier molecular flexibility index (Phi) is 7.23. The van der Waals surface area contributed by atoms with Crippen molar-refractivity contribution in [2.24, 2.45) is 5.92 Å². The first-order valence-corrected chi connectivity index (χ1v) is 10.0. The van der Waals surface area contributed by atoms with Gasteiger partial charge < -0.3 is 14.6 Å². The highest BCUT2D eigenvalue weighted by Gasteiger charge is 2.27. The third kappa shape index (κ3) is 5.14. The highest BCUT2D eigenvalue weighted by Crippen LogP contribution is 2.26. The fourth-order valence-electron chi connectivity index (χ4n) is 3.88. The number of likely N-dealkylation sites (tertiary alicyclic amines) is 1. The minimum atomic E-state index is -0.517.